The third-order valence-corrected chi connectivity index (χ3v) is 3.54. The van der Waals surface area contributed by atoms with Gasteiger partial charge in [0.15, 0.2) is 0 Å². The summed E-state index contributed by atoms with van der Waals surface area (Å²) in [6.45, 7) is 0. The van der Waals surface area contributed by atoms with Crippen LogP contribution in [0.25, 0.3) is 0 Å². The molecule has 0 spiro atoms. The number of fused-ring (bicyclic) bond motifs is 2. The number of hydrogen-bond donors (Lipinski definition) is 1. The number of allylic oxidation sites excluding steroid dienone is 4. The van der Waals surface area contributed by atoms with E-state index < -0.39 is 0 Å². The van der Waals surface area contributed by atoms with Gasteiger partial charge in [0.2, 0.25) is 0 Å². The maximum absolute atomic E-state index is 6.24. The Morgan fingerprint density at radius 2 is 2.27 bits per heavy atom. The van der Waals surface area contributed by atoms with E-state index in [0.29, 0.717) is 6.04 Å². The molecule has 2 nitrogen and oxygen atoms in total. The standard InChI is InChI=1S/C13H16N2/c14-13-9-5-1-3-7-11(9)15-12-8-4-2-6-10(12)13/h1,3,5,12H,2,4,6-8,14H2. The molecule has 1 heterocycles. The monoisotopic (exact) mass is 200 g/mol. The van der Waals surface area contributed by atoms with Crippen molar-refractivity contribution >= 4 is 5.71 Å². The van der Waals surface area contributed by atoms with Gasteiger partial charge in [-0.2, -0.15) is 0 Å². The Morgan fingerprint density at radius 1 is 1.33 bits per heavy atom. The molecule has 0 saturated heterocycles. The van der Waals surface area contributed by atoms with Crippen molar-refractivity contribution in [1.82, 2.24) is 0 Å². The van der Waals surface area contributed by atoms with E-state index in [2.05, 4.69) is 18.2 Å². The first-order chi connectivity index (χ1) is 7.36. The molecule has 2 heteroatoms. The summed E-state index contributed by atoms with van der Waals surface area (Å²) >= 11 is 0. The molecule has 3 aliphatic rings. The van der Waals surface area contributed by atoms with E-state index in [1.54, 1.807) is 0 Å². The normalized spacial score (nSPS) is 29.2. The molecular weight excluding hydrogens is 184 g/mol. The maximum atomic E-state index is 6.24. The van der Waals surface area contributed by atoms with Crippen molar-refractivity contribution in [3.05, 3.63) is 35.1 Å². The summed E-state index contributed by atoms with van der Waals surface area (Å²) in [6, 6.07) is 0.400. The van der Waals surface area contributed by atoms with Crippen molar-refractivity contribution < 1.29 is 0 Å². The van der Waals surface area contributed by atoms with Crippen LogP contribution in [0.1, 0.15) is 32.1 Å². The van der Waals surface area contributed by atoms with Crippen LogP contribution in [0, 0.1) is 0 Å². The van der Waals surface area contributed by atoms with Crippen LogP contribution in [-0.4, -0.2) is 11.8 Å². The van der Waals surface area contributed by atoms with Crippen LogP contribution in [-0.2, 0) is 0 Å². The molecule has 78 valence electrons. The predicted molar refractivity (Wildman–Crippen MR) is 62.7 cm³/mol. The van der Waals surface area contributed by atoms with Crippen molar-refractivity contribution in [2.24, 2.45) is 10.7 Å². The molecule has 0 aromatic rings. The van der Waals surface area contributed by atoms with Gasteiger partial charge < -0.3 is 5.73 Å². The van der Waals surface area contributed by atoms with Crippen LogP contribution < -0.4 is 5.73 Å². The van der Waals surface area contributed by atoms with Crippen LogP contribution in [0.2, 0.25) is 0 Å². The van der Waals surface area contributed by atoms with Crippen molar-refractivity contribution in [2.75, 3.05) is 0 Å². The van der Waals surface area contributed by atoms with Gasteiger partial charge in [-0.15, -0.1) is 0 Å². The molecule has 15 heavy (non-hydrogen) atoms. The minimum Gasteiger partial charge on any atom is -0.398 e. The molecule has 1 atom stereocenters. The summed E-state index contributed by atoms with van der Waals surface area (Å²) in [5.74, 6) is 0. The number of dihydropyridines is 1. The lowest BCUT2D eigenvalue weighted by Crippen LogP contribution is -2.28. The smallest absolute Gasteiger partial charge is 0.0735 e. The Bertz CT molecular complexity index is 410. The van der Waals surface area contributed by atoms with Gasteiger partial charge in [0, 0.05) is 23.4 Å². The number of hydrogen-bond acceptors (Lipinski definition) is 2. The van der Waals surface area contributed by atoms with Crippen LogP contribution in [0.5, 0.6) is 0 Å². The Labute approximate surface area is 90.3 Å². The summed E-state index contributed by atoms with van der Waals surface area (Å²) in [6.07, 6.45) is 12.2. The SMILES string of the molecule is NC1=C2CCCCC2N=C2CC=CC=C21. The zero-order valence-corrected chi connectivity index (χ0v) is 8.87. The third-order valence-electron chi connectivity index (χ3n) is 3.54. The van der Waals surface area contributed by atoms with Crippen LogP contribution >= 0.6 is 0 Å². The van der Waals surface area contributed by atoms with E-state index in [0.717, 1.165) is 18.5 Å². The molecular formula is C13H16N2. The lowest BCUT2D eigenvalue weighted by atomic mass is 9.82. The molecule has 2 N–H and O–H groups in total. The van der Waals surface area contributed by atoms with Crippen LogP contribution in [0.15, 0.2) is 40.1 Å². The Hall–Kier alpha value is -1.31. The average Bonchev–Trinajstić information content (AvgIpc) is 2.30. The van der Waals surface area contributed by atoms with Gasteiger partial charge in [0.1, 0.15) is 0 Å². The van der Waals surface area contributed by atoms with E-state index in [1.165, 1.54) is 36.1 Å². The average molecular weight is 200 g/mol. The second-order valence-corrected chi connectivity index (χ2v) is 4.49. The number of aliphatic imine (C=N–C) groups is 1. The maximum Gasteiger partial charge on any atom is 0.0735 e. The quantitative estimate of drug-likeness (QED) is 0.641. The molecule has 0 radical (unpaired) electrons. The fraction of sp³-hybridized carbons (Fsp3) is 0.462. The topological polar surface area (TPSA) is 38.4 Å². The second kappa shape index (κ2) is 3.37. The molecule has 0 bridgehead atoms. The van der Waals surface area contributed by atoms with Gasteiger partial charge in [0.05, 0.1) is 6.04 Å². The highest BCUT2D eigenvalue weighted by molar-refractivity contribution is 6.06. The molecule has 0 aromatic carbocycles. The van der Waals surface area contributed by atoms with Crippen LogP contribution in [0.3, 0.4) is 0 Å². The van der Waals surface area contributed by atoms with Crippen molar-refractivity contribution in [2.45, 2.75) is 38.1 Å². The Kier molecular flexibility index (Phi) is 2.01. The first-order valence-corrected chi connectivity index (χ1v) is 5.79. The fourth-order valence-electron chi connectivity index (χ4n) is 2.73. The molecule has 1 saturated carbocycles. The molecule has 2 aliphatic carbocycles. The lowest BCUT2D eigenvalue weighted by molar-refractivity contribution is 0.529. The molecule has 1 aliphatic heterocycles. The van der Waals surface area contributed by atoms with E-state index in [-0.39, 0.29) is 0 Å². The van der Waals surface area contributed by atoms with Crippen LogP contribution in [0.4, 0.5) is 0 Å². The number of nitrogens with two attached hydrogens (primary N) is 1. The molecule has 1 unspecified atom stereocenters. The summed E-state index contributed by atoms with van der Waals surface area (Å²) < 4.78 is 0. The first-order valence-electron chi connectivity index (χ1n) is 5.79. The minimum atomic E-state index is 0.400. The van der Waals surface area contributed by atoms with E-state index >= 15 is 0 Å². The zero-order valence-electron chi connectivity index (χ0n) is 8.87. The van der Waals surface area contributed by atoms with Gasteiger partial charge in [0.25, 0.3) is 0 Å². The fourth-order valence-corrected chi connectivity index (χ4v) is 2.73. The highest BCUT2D eigenvalue weighted by Gasteiger charge is 2.28. The summed E-state index contributed by atoms with van der Waals surface area (Å²) in [5.41, 5.74) is 11.0. The molecule has 0 amide bonds. The van der Waals surface area contributed by atoms with Crippen molar-refractivity contribution in [3.8, 4) is 0 Å². The number of rotatable bonds is 0. The van der Waals surface area contributed by atoms with Gasteiger partial charge in [-0.1, -0.05) is 24.6 Å². The largest absolute Gasteiger partial charge is 0.398 e. The predicted octanol–water partition coefficient (Wildman–Crippen LogP) is 2.48. The Balaban J connectivity index is 2.07. The van der Waals surface area contributed by atoms with Gasteiger partial charge in [-0.05, 0) is 24.8 Å². The highest BCUT2D eigenvalue weighted by atomic mass is 14.8. The third kappa shape index (κ3) is 1.36. The summed E-state index contributed by atoms with van der Waals surface area (Å²) in [7, 11) is 0. The summed E-state index contributed by atoms with van der Waals surface area (Å²) in [4.78, 5) is 4.84. The number of nitrogens with zero attached hydrogens (tertiary/aromatic N) is 1. The lowest BCUT2D eigenvalue weighted by Gasteiger charge is -2.31. The highest BCUT2D eigenvalue weighted by Crippen LogP contribution is 2.35. The van der Waals surface area contributed by atoms with E-state index in [4.69, 9.17) is 10.7 Å². The van der Waals surface area contributed by atoms with Gasteiger partial charge in [-0.3, -0.25) is 4.99 Å². The minimum absolute atomic E-state index is 0.400. The van der Waals surface area contributed by atoms with Gasteiger partial charge >= 0.3 is 0 Å². The van der Waals surface area contributed by atoms with E-state index in [9.17, 15) is 0 Å². The zero-order chi connectivity index (χ0) is 10.3. The molecule has 0 aromatic heterocycles. The first kappa shape index (κ1) is 8.96. The van der Waals surface area contributed by atoms with Gasteiger partial charge in [-0.25, -0.2) is 0 Å². The van der Waals surface area contributed by atoms with Crippen molar-refractivity contribution in [1.29, 1.82) is 0 Å². The van der Waals surface area contributed by atoms with Crippen molar-refractivity contribution in [3.63, 3.8) is 0 Å². The molecule has 1 fully saturated rings. The molecule has 3 rings (SSSR count). The summed E-state index contributed by atoms with van der Waals surface area (Å²) in [5, 5.41) is 0. The Morgan fingerprint density at radius 3 is 3.20 bits per heavy atom. The second-order valence-electron chi connectivity index (χ2n) is 4.49. The van der Waals surface area contributed by atoms with E-state index in [1.807, 2.05) is 0 Å².